The minimum absolute atomic E-state index is 0.104. The average Bonchev–Trinajstić information content (AvgIpc) is 2.92. The Balaban J connectivity index is 1.76. The monoisotopic (exact) mass is 552 g/mol. The zero-order chi connectivity index (χ0) is 28.9. The van der Waals surface area contributed by atoms with E-state index in [9.17, 15) is 27.9 Å². The van der Waals surface area contributed by atoms with Gasteiger partial charge >= 0.3 is 12.1 Å². The second-order valence-electron chi connectivity index (χ2n) is 10.8. The molecule has 0 atom stereocenters. The van der Waals surface area contributed by atoms with Gasteiger partial charge in [-0.2, -0.15) is 13.2 Å². The summed E-state index contributed by atoms with van der Waals surface area (Å²) in [5.41, 5.74) is 1.52. The number of carboxylic acid groups (broad SMARTS) is 1. The summed E-state index contributed by atoms with van der Waals surface area (Å²) < 4.78 is 40.7. The topological polar surface area (TPSA) is 69.6 Å². The Morgan fingerprint density at radius 2 is 1.65 bits per heavy atom. The van der Waals surface area contributed by atoms with Crippen LogP contribution >= 0.6 is 0 Å². The number of hydrogen-bond acceptors (Lipinski definition) is 3. The summed E-state index contributed by atoms with van der Waals surface area (Å²) in [5, 5.41) is 12.6. The molecular weight excluding hydrogens is 517 g/mol. The third-order valence-corrected chi connectivity index (χ3v) is 7.30. The maximum atomic E-state index is 13.6. The van der Waals surface area contributed by atoms with Gasteiger partial charge in [0.25, 0.3) is 0 Å². The van der Waals surface area contributed by atoms with E-state index in [2.05, 4.69) is 24.1 Å². The molecule has 212 valence electrons. The van der Waals surface area contributed by atoms with Crippen LogP contribution in [0.15, 0.2) is 66.7 Å². The van der Waals surface area contributed by atoms with Crippen LogP contribution in [-0.4, -0.2) is 29.6 Å². The van der Waals surface area contributed by atoms with E-state index in [1.54, 1.807) is 24.3 Å². The van der Waals surface area contributed by atoms with Crippen LogP contribution in [0.25, 0.3) is 11.1 Å². The summed E-state index contributed by atoms with van der Waals surface area (Å²) in [5.74, 6) is -1.32. The normalized spacial score (nSPS) is 14.2. The molecule has 0 heterocycles. The van der Waals surface area contributed by atoms with E-state index >= 15 is 0 Å². The van der Waals surface area contributed by atoms with E-state index in [1.807, 2.05) is 12.1 Å². The lowest BCUT2D eigenvalue weighted by Gasteiger charge is -2.38. The lowest BCUT2D eigenvalue weighted by atomic mass is 9.92. The fraction of sp³-hybridized carbons (Fsp3) is 0.375. The van der Waals surface area contributed by atoms with E-state index in [0.717, 1.165) is 44.0 Å². The first-order valence-electron chi connectivity index (χ1n) is 13.7. The number of rotatable bonds is 9. The van der Waals surface area contributed by atoms with E-state index in [-0.39, 0.29) is 17.2 Å². The summed E-state index contributed by atoms with van der Waals surface area (Å²) in [7, 11) is 0. The molecule has 0 spiro atoms. The minimum atomic E-state index is -4.57. The SMILES string of the molecule is CC(C)CN(c1ccc(-c2ccccc2C(=O)O)cc1NC(=O)Cc1ccccc1C(F)(F)F)C1CCCCC1. The van der Waals surface area contributed by atoms with Crippen LogP contribution in [0.2, 0.25) is 0 Å². The maximum absolute atomic E-state index is 13.6. The first-order valence-corrected chi connectivity index (χ1v) is 13.7. The van der Waals surface area contributed by atoms with Gasteiger partial charge in [-0.1, -0.05) is 75.6 Å². The number of hydrogen-bond donors (Lipinski definition) is 2. The zero-order valence-electron chi connectivity index (χ0n) is 22.8. The number of carboxylic acids is 1. The molecule has 1 aliphatic carbocycles. The van der Waals surface area contributed by atoms with Crippen molar-refractivity contribution in [2.75, 3.05) is 16.8 Å². The molecule has 1 fully saturated rings. The van der Waals surface area contributed by atoms with E-state index in [4.69, 9.17) is 0 Å². The molecule has 0 aliphatic heterocycles. The number of carbonyl (C=O) groups excluding carboxylic acids is 1. The lowest BCUT2D eigenvalue weighted by molar-refractivity contribution is -0.138. The molecule has 0 radical (unpaired) electrons. The predicted molar refractivity (Wildman–Crippen MR) is 152 cm³/mol. The van der Waals surface area contributed by atoms with Gasteiger partial charge in [-0.15, -0.1) is 0 Å². The van der Waals surface area contributed by atoms with Gasteiger partial charge in [0.05, 0.1) is 28.9 Å². The van der Waals surface area contributed by atoms with Gasteiger partial charge in [-0.3, -0.25) is 4.79 Å². The molecule has 1 saturated carbocycles. The third kappa shape index (κ3) is 7.03. The second kappa shape index (κ2) is 12.6. The molecule has 8 heteroatoms. The van der Waals surface area contributed by atoms with Gasteiger partial charge in [0.2, 0.25) is 5.91 Å². The summed E-state index contributed by atoms with van der Waals surface area (Å²) in [6.07, 6.45) is 0.416. The molecule has 0 bridgehead atoms. The number of alkyl halides is 3. The van der Waals surface area contributed by atoms with Crippen LogP contribution in [0.5, 0.6) is 0 Å². The van der Waals surface area contributed by atoms with Crippen molar-refractivity contribution in [2.24, 2.45) is 5.92 Å². The summed E-state index contributed by atoms with van der Waals surface area (Å²) in [6.45, 7) is 4.99. The van der Waals surface area contributed by atoms with Gasteiger partial charge in [-0.25, -0.2) is 4.79 Å². The van der Waals surface area contributed by atoms with E-state index in [1.165, 1.54) is 30.7 Å². The highest BCUT2D eigenvalue weighted by molar-refractivity contribution is 5.99. The Labute approximate surface area is 233 Å². The fourth-order valence-corrected chi connectivity index (χ4v) is 5.52. The van der Waals surface area contributed by atoms with Crippen LogP contribution < -0.4 is 10.2 Å². The van der Waals surface area contributed by atoms with Crippen molar-refractivity contribution in [3.8, 4) is 11.1 Å². The van der Waals surface area contributed by atoms with Crippen LogP contribution in [-0.2, 0) is 17.4 Å². The Morgan fingerprint density at radius 3 is 2.33 bits per heavy atom. The number of amides is 1. The predicted octanol–water partition coefficient (Wildman–Crippen LogP) is 8.05. The molecule has 1 aliphatic rings. The lowest BCUT2D eigenvalue weighted by Crippen LogP contribution is -2.40. The van der Waals surface area contributed by atoms with Crippen molar-refractivity contribution in [2.45, 2.75) is 64.6 Å². The molecule has 40 heavy (non-hydrogen) atoms. The Bertz CT molecular complexity index is 1350. The van der Waals surface area contributed by atoms with Crippen molar-refractivity contribution in [3.63, 3.8) is 0 Å². The number of carbonyl (C=O) groups is 2. The number of nitrogens with zero attached hydrogens (tertiary/aromatic N) is 1. The number of benzene rings is 3. The van der Waals surface area contributed by atoms with Crippen molar-refractivity contribution in [1.29, 1.82) is 0 Å². The van der Waals surface area contributed by atoms with E-state index < -0.39 is 30.0 Å². The van der Waals surface area contributed by atoms with Gasteiger partial charge in [0.1, 0.15) is 0 Å². The second-order valence-corrected chi connectivity index (χ2v) is 10.8. The van der Waals surface area contributed by atoms with Crippen LogP contribution in [0.1, 0.15) is 67.4 Å². The van der Waals surface area contributed by atoms with Crippen molar-refractivity contribution < 1.29 is 27.9 Å². The fourth-order valence-electron chi connectivity index (χ4n) is 5.52. The summed E-state index contributed by atoms with van der Waals surface area (Å²) >= 11 is 0. The van der Waals surface area contributed by atoms with Crippen LogP contribution in [0.4, 0.5) is 24.5 Å². The first-order chi connectivity index (χ1) is 19.0. The van der Waals surface area contributed by atoms with Crippen molar-refractivity contribution >= 4 is 23.3 Å². The highest BCUT2D eigenvalue weighted by Crippen LogP contribution is 2.38. The Morgan fingerprint density at radius 1 is 0.975 bits per heavy atom. The standard InChI is InChI=1S/C32H35F3N2O3/c1-21(2)20-37(24-11-4-3-5-12-24)29-17-16-22(25-13-7-8-14-26(25)31(39)40)18-28(29)36-30(38)19-23-10-6-9-15-27(23)32(33,34)35/h6-10,13-18,21,24H,3-5,11-12,19-20H2,1-2H3,(H,36,38)(H,39,40). The van der Waals surface area contributed by atoms with Crippen LogP contribution in [0.3, 0.4) is 0 Å². The largest absolute Gasteiger partial charge is 0.478 e. The molecule has 3 aromatic rings. The Kier molecular flexibility index (Phi) is 9.17. The summed E-state index contributed by atoms with van der Waals surface area (Å²) in [6, 6.07) is 17.5. The van der Waals surface area contributed by atoms with Gasteiger partial charge in [0, 0.05) is 12.6 Å². The molecule has 0 aromatic heterocycles. The molecular formula is C32H35F3N2O3. The molecule has 0 unspecified atom stereocenters. The first kappa shape index (κ1) is 29.2. The van der Waals surface area contributed by atoms with Crippen molar-refractivity contribution in [1.82, 2.24) is 0 Å². The molecule has 2 N–H and O–H groups in total. The number of nitrogens with one attached hydrogen (secondary N) is 1. The number of aromatic carboxylic acids is 1. The quantitative estimate of drug-likeness (QED) is 0.282. The average molecular weight is 553 g/mol. The highest BCUT2D eigenvalue weighted by Gasteiger charge is 2.33. The van der Waals surface area contributed by atoms with Gasteiger partial charge in [-0.05, 0) is 59.7 Å². The third-order valence-electron chi connectivity index (χ3n) is 7.30. The molecule has 1 amide bonds. The Hall–Kier alpha value is -3.81. The molecule has 4 rings (SSSR count). The maximum Gasteiger partial charge on any atom is 0.416 e. The number of anilines is 2. The number of halogens is 3. The van der Waals surface area contributed by atoms with Gasteiger partial charge in [0.15, 0.2) is 0 Å². The zero-order valence-corrected chi connectivity index (χ0v) is 22.8. The molecule has 5 nitrogen and oxygen atoms in total. The minimum Gasteiger partial charge on any atom is -0.478 e. The molecule has 0 saturated heterocycles. The summed E-state index contributed by atoms with van der Waals surface area (Å²) in [4.78, 5) is 27.5. The highest BCUT2D eigenvalue weighted by atomic mass is 19.4. The van der Waals surface area contributed by atoms with Gasteiger partial charge < -0.3 is 15.3 Å². The van der Waals surface area contributed by atoms with Crippen molar-refractivity contribution in [3.05, 3.63) is 83.4 Å². The van der Waals surface area contributed by atoms with E-state index in [0.29, 0.717) is 22.7 Å². The smallest absolute Gasteiger partial charge is 0.416 e. The molecule has 3 aromatic carbocycles. The van der Waals surface area contributed by atoms with Crippen LogP contribution in [0, 0.1) is 5.92 Å².